The van der Waals surface area contributed by atoms with E-state index in [1.807, 2.05) is 6.92 Å². The molecule has 0 saturated carbocycles. The Kier molecular flexibility index (Phi) is 6.51. The van der Waals surface area contributed by atoms with Crippen molar-refractivity contribution >= 4 is 22.4 Å². The third-order valence-corrected chi connectivity index (χ3v) is 4.14. The Morgan fingerprint density at radius 3 is 2.68 bits per heavy atom. The fraction of sp³-hybridized carbons (Fsp3) is 0.211. The van der Waals surface area contributed by atoms with E-state index in [9.17, 15) is 9.18 Å². The minimum atomic E-state index is -0.384. The molecule has 0 aliphatic rings. The number of anilines is 1. The molecule has 146 valence electrons. The number of carbonyl (C=O) groups excluding carboxylic acids is 1. The molecule has 2 heterocycles. The van der Waals surface area contributed by atoms with Crippen LogP contribution in [0.4, 0.5) is 9.52 Å². The van der Waals surface area contributed by atoms with Crippen LogP contribution >= 0.6 is 11.3 Å². The maximum absolute atomic E-state index is 13.1. The third-order valence-electron chi connectivity index (χ3n) is 3.45. The van der Waals surface area contributed by atoms with Crippen molar-refractivity contribution in [3.63, 3.8) is 0 Å². The minimum Gasteiger partial charge on any atom is -0.472 e. The fourth-order valence-corrected chi connectivity index (χ4v) is 2.80. The molecule has 0 aliphatic heterocycles. The number of pyridine rings is 1. The van der Waals surface area contributed by atoms with Gasteiger partial charge in [-0.05, 0) is 31.2 Å². The van der Waals surface area contributed by atoms with E-state index in [4.69, 9.17) is 14.2 Å². The SMILES string of the molecule is COC[C@@H](C)Oc1cc(C(=O)Nc2nccs2)cc(Oc2ccc(F)cc2)n1. The van der Waals surface area contributed by atoms with Crippen LogP contribution in [0, 0.1) is 5.82 Å². The second-order valence-electron chi connectivity index (χ2n) is 5.76. The molecule has 7 nitrogen and oxygen atoms in total. The monoisotopic (exact) mass is 403 g/mol. The van der Waals surface area contributed by atoms with E-state index in [-0.39, 0.29) is 35.2 Å². The Labute approximate surface area is 165 Å². The number of halogens is 1. The lowest BCUT2D eigenvalue weighted by Crippen LogP contribution is -2.19. The average molecular weight is 403 g/mol. The molecule has 1 aromatic carbocycles. The first-order chi connectivity index (χ1) is 13.5. The van der Waals surface area contributed by atoms with Gasteiger partial charge in [0.05, 0.1) is 12.2 Å². The largest absolute Gasteiger partial charge is 0.472 e. The first kappa shape index (κ1) is 19.7. The molecule has 1 amide bonds. The van der Waals surface area contributed by atoms with Gasteiger partial charge in [-0.1, -0.05) is 0 Å². The number of ether oxygens (including phenoxy) is 3. The topological polar surface area (TPSA) is 82.6 Å². The summed E-state index contributed by atoms with van der Waals surface area (Å²) in [6, 6.07) is 8.45. The highest BCUT2D eigenvalue weighted by atomic mass is 32.1. The number of benzene rings is 1. The Morgan fingerprint density at radius 1 is 1.25 bits per heavy atom. The number of amides is 1. The number of methoxy groups -OCH3 is 1. The van der Waals surface area contributed by atoms with Gasteiger partial charge in [0.15, 0.2) is 5.13 Å². The lowest BCUT2D eigenvalue weighted by atomic mass is 10.2. The first-order valence-electron chi connectivity index (χ1n) is 8.35. The molecule has 0 fully saturated rings. The van der Waals surface area contributed by atoms with Gasteiger partial charge in [-0.3, -0.25) is 10.1 Å². The predicted octanol–water partition coefficient (Wildman–Crippen LogP) is 4.14. The molecule has 9 heteroatoms. The molecule has 0 bridgehead atoms. The summed E-state index contributed by atoms with van der Waals surface area (Å²) in [4.78, 5) is 20.9. The molecule has 0 unspecified atom stereocenters. The highest BCUT2D eigenvalue weighted by Gasteiger charge is 2.15. The second kappa shape index (κ2) is 9.25. The van der Waals surface area contributed by atoms with Crippen molar-refractivity contribution in [3.8, 4) is 17.5 Å². The van der Waals surface area contributed by atoms with Crippen molar-refractivity contribution < 1.29 is 23.4 Å². The van der Waals surface area contributed by atoms with Crippen molar-refractivity contribution in [2.45, 2.75) is 13.0 Å². The van der Waals surface area contributed by atoms with Crippen LogP contribution in [0.2, 0.25) is 0 Å². The summed E-state index contributed by atoms with van der Waals surface area (Å²) in [6.07, 6.45) is 1.31. The Hall–Kier alpha value is -3.04. The number of hydrogen-bond donors (Lipinski definition) is 1. The van der Waals surface area contributed by atoms with E-state index >= 15 is 0 Å². The lowest BCUT2D eigenvalue weighted by Gasteiger charge is -2.15. The molecule has 3 aromatic rings. The van der Waals surface area contributed by atoms with Crippen molar-refractivity contribution in [2.75, 3.05) is 19.0 Å². The molecular formula is C19H18FN3O4S. The molecule has 0 spiro atoms. The van der Waals surface area contributed by atoms with Crippen molar-refractivity contribution in [1.29, 1.82) is 0 Å². The maximum Gasteiger partial charge on any atom is 0.257 e. The predicted molar refractivity (Wildman–Crippen MR) is 103 cm³/mol. The van der Waals surface area contributed by atoms with Gasteiger partial charge in [0.2, 0.25) is 11.8 Å². The standard InChI is InChI=1S/C19H18FN3O4S/c1-12(11-25-2)26-16-9-13(18(24)23-19-21-7-8-28-19)10-17(22-16)27-15-5-3-14(20)4-6-15/h3-10,12H,11H2,1-2H3,(H,21,23,24)/t12-/m1/s1. The number of carbonyl (C=O) groups is 1. The van der Waals surface area contributed by atoms with Gasteiger partial charge in [0.25, 0.3) is 5.91 Å². The van der Waals surface area contributed by atoms with E-state index in [1.54, 1.807) is 18.7 Å². The van der Waals surface area contributed by atoms with Crippen molar-refractivity contribution in [2.24, 2.45) is 0 Å². The van der Waals surface area contributed by atoms with Crippen LogP contribution in [0.5, 0.6) is 17.5 Å². The Balaban J connectivity index is 1.86. The molecule has 0 saturated heterocycles. The number of aromatic nitrogens is 2. The maximum atomic E-state index is 13.1. The Bertz CT molecular complexity index is 919. The van der Waals surface area contributed by atoms with Gasteiger partial charge < -0.3 is 14.2 Å². The summed E-state index contributed by atoms with van der Waals surface area (Å²) in [5, 5.41) is 4.92. The van der Waals surface area contributed by atoms with Crippen LogP contribution < -0.4 is 14.8 Å². The van der Waals surface area contributed by atoms with Crippen LogP contribution in [0.15, 0.2) is 48.0 Å². The van der Waals surface area contributed by atoms with E-state index < -0.39 is 0 Å². The van der Waals surface area contributed by atoms with Gasteiger partial charge in [-0.25, -0.2) is 9.37 Å². The average Bonchev–Trinajstić information content (AvgIpc) is 3.16. The lowest BCUT2D eigenvalue weighted by molar-refractivity contribution is 0.0882. The van der Waals surface area contributed by atoms with Crippen molar-refractivity contribution in [3.05, 3.63) is 59.4 Å². The number of rotatable bonds is 8. The molecular weight excluding hydrogens is 385 g/mol. The van der Waals surface area contributed by atoms with Crippen molar-refractivity contribution in [1.82, 2.24) is 9.97 Å². The molecule has 1 N–H and O–H groups in total. The Morgan fingerprint density at radius 2 is 2.00 bits per heavy atom. The summed E-state index contributed by atoms with van der Waals surface area (Å²) in [5.74, 6) is -0.0476. The van der Waals surface area contributed by atoms with Crippen LogP contribution in [-0.4, -0.2) is 35.7 Å². The van der Waals surface area contributed by atoms with E-state index in [2.05, 4.69) is 15.3 Å². The molecule has 2 aromatic heterocycles. The highest BCUT2D eigenvalue weighted by Crippen LogP contribution is 2.25. The molecule has 28 heavy (non-hydrogen) atoms. The second-order valence-corrected chi connectivity index (χ2v) is 6.66. The van der Waals surface area contributed by atoms with Crippen LogP contribution in [0.1, 0.15) is 17.3 Å². The summed E-state index contributed by atoms with van der Waals surface area (Å²) < 4.78 is 29.5. The summed E-state index contributed by atoms with van der Waals surface area (Å²) >= 11 is 1.30. The fourth-order valence-electron chi connectivity index (χ4n) is 2.28. The smallest absolute Gasteiger partial charge is 0.257 e. The molecule has 3 rings (SSSR count). The van der Waals surface area contributed by atoms with Gasteiger partial charge in [-0.2, -0.15) is 4.98 Å². The number of thiazole rings is 1. The van der Waals surface area contributed by atoms with Crippen LogP contribution in [0.25, 0.3) is 0 Å². The van der Waals surface area contributed by atoms with Gasteiger partial charge in [0, 0.05) is 30.8 Å². The highest BCUT2D eigenvalue weighted by molar-refractivity contribution is 7.13. The number of nitrogens with zero attached hydrogens (tertiary/aromatic N) is 2. The zero-order valence-corrected chi connectivity index (χ0v) is 16.0. The summed E-state index contributed by atoms with van der Waals surface area (Å²) in [5.41, 5.74) is 0.280. The van der Waals surface area contributed by atoms with E-state index in [1.165, 1.54) is 47.7 Å². The van der Waals surface area contributed by atoms with Crippen LogP contribution in [0.3, 0.4) is 0 Å². The van der Waals surface area contributed by atoms with Gasteiger partial charge in [-0.15, -0.1) is 11.3 Å². The van der Waals surface area contributed by atoms with Gasteiger partial charge >= 0.3 is 0 Å². The zero-order chi connectivity index (χ0) is 19.9. The molecule has 0 aliphatic carbocycles. The zero-order valence-electron chi connectivity index (χ0n) is 15.2. The normalized spacial score (nSPS) is 11.7. The number of nitrogens with one attached hydrogen (secondary N) is 1. The first-order valence-corrected chi connectivity index (χ1v) is 9.23. The molecule has 1 atom stereocenters. The summed E-state index contributed by atoms with van der Waals surface area (Å²) in [7, 11) is 1.56. The van der Waals surface area contributed by atoms with E-state index in [0.29, 0.717) is 17.5 Å². The number of hydrogen-bond acceptors (Lipinski definition) is 7. The van der Waals surface area contributed by atoms with Crippen LogP contribution in [-0.2, 0) is 4.74 Å². The van der Waals surface area contributed by atoms with E-state index in [0.717, 1.165) is 0 Å². The minimum absolute atomic E-state index is 0.137. The molecule has 0 radical (unpaired) electrons. The quantitative estimate of drug-likeness (QED) is 0.609. The third kappa shape index (κ3) is 5.48. The van der Waals surface area contributed by atoms with Gasteiger partial charge in [0.1, 0.15) is 17.7 Å². The summed E-state index contributed by atoms with van der Waals surface area (Å²) in [6.45, 7) is 2.17.